The number of rotatable bonds is 3. The predicted octanol–water partition coefficient (Wildman–Crippen LogP) is 1.33. The Labute approximate surface area is 109 Å². The van der Waals surface area contributed by atoms with Gasteiger partial charge in [0.25, 0.3) is 0 Å². The minimum atomic E-state index is -1.07. The van der Waals surface area contributed by atoms with E-state index in [4.69, 9.17) is 0 Å². The summed E-state index contributed by atoms with van der Waals surface area (Å²) < 4.78 is 1.52. The number of carboxylic acids is 1. The van der Waals surface area contributed by atoms with Crippen molar-refractivity contribution in [3.05, 3.63) is 29.7 Å². The van der Waals surface area contributed by atoms with Crippen LogP contribution in [0.15, 0.2) is 18.2 Å². The molecule has 1 saturated heterocycles. The van der Waals surface area contributed by atoms with Gasteiger partial charge in [-0.2, -0.15) is 0 Å². The Morgan fingerprint density at radius 1 is 1.32 bits per heavy atom. The minimum Gasteiger partial charge on any atom is -0.494 e. The third kappa shape index (κ3) is 2.04. The maximum atomic E-state index is 11.2. The van der Waals surface area contributed by atoms with Gasteiger partial charge in [0.1, 0.15) is 5.82 Å². The highest BCUT2D eigenvalue weighted by atomic mass is 16.4. The number of hydrogen-bond acceptors (Lipinski definition) is 4. The first kappa shape index (κ1) is 12.0. The lowest BCUT2D eigenvalue weighted by Gasteiger charge is -2.13. The topological polar surface area (TPSA) is 78.1 Å². The molecule has 1 aliphatic heterocycles. The molecule has 1 aliphatic rings. The standard InChI is InChI=1S/C13H15N3O3/c17-11-5-3-4-9-12(13(18)19)14-10(16(9)11)8-15-6-1-2-7-15/h3-5,17H,1-2,6-8H2,(H,18,19). The number of fused-ring (bicyclic) bond motifs is 1. The summed E-state index contributed by atoms with van der Waals surface area (Å²) in [7, 11) is 0. The second-order valence-electron chi connectivity index (χ2n) is 4.77. The van der Waals surface area contributed by atoms with E-state index >= 15 is 0 Å². The molecule has 0 atom stereocenters. The van der Waals surface area contributed by atoms with Crippen LogP contribution in [0.3, 0.4) is 0 Å². The molecule has 0 saturated carbocycles. The number of aromatic carboxylic acids is 1. The smallest absolute Gasteiger partial charge is 0.356 e. The number of carboxylic acid groups (broad SMARTS) is 1. The lowest BCUT2D eigenvalue weighted by Crippen LogP contribution is -2.20. The summed E-state index contributed by atoms with van der Waals surface area (Å²) >= 11 is 0. The molecule has 3 heterocycles. The molecule has 2 aromatic rings. The first-order chi connectivity index (χ1) is 9.16. The number of hydrogen-bond donors (Lipinski definition) is 2. The van der Waals surface area contributed by atoms with E-state index in [1.54, 1.807) is 12.1 Å². The van der Waals surface area contributed by atoms with E-state index in [-0.39, 0.29) is 11.6 Å². The number of aromatic nitrogens is 2. The van der Waals surface area contributed by atoms with Gasteiger partial charge in [-0.3, -0.25) is 9.30 Å². The summed E-state index contributed by atoms with van der Waals surface area (Å²) in [6.07, 6.45) is 2.31. The third-order valence-corrected chi connectivity index (χ3v) is 3.48. The molecule has 6 nitrogen and oxygen atoms in total. The van der Waals surface area contributed by atoms with Crippen LogP contribution in [-0.4, -0.2) is 43.6 Å². The van der Waals surface area contributed by atoms with Crippen LogP contribution < -0.4 is 0 Å². The average molecular weight is 261 g/mol. The second kappa shape index (κ2) is 4.55. The summed E-state index contributed by atoms with van der Waals surface area (Å²) in [4.78, 5) is 17.6. The Kier molecular flexibility index (Phi) is 2.87. The Morgan fingerprint density at radius 2 is 2.05 bits per heavy atom. The molecule has 0 unspecified atom stereocenters. The Morgan fingerprint density at radius 3 is 2.74 bits per heavy atom. The number of pyridine rings is 1. The summed E-state index contributed by atoms with van der Waals surface area (Å²) in [5, 5.41) is 19.1. The van der Waals surface area contributed by atoms with Crippen molar-refractivity contribution in [3.8, 4) is 5.88 Å². The molecule has 1 fully saturated rings. The van der Waals surface area contributed by atoms with E-state index in [2.05, 4.69) is 9.88 Å². The van der Waals surface area contributed by atoms with Crippen LogP contribution in [-0.2, 0) is 6.54 Å². The van der Waals surface area contributed by atoms with Gasteiger partial charge < -0.3 is 10.2 Å². The quantitative estimate of drug-likeness (QED) is 0.871. The molecule has 0 spiro atoms. The second-order valence-corrected chi connectivity index (χ2v) is 4.77. The summed E-state index contributed by atoms with van der Waals surface area (Å²) in [6, 6.07) is 4.82. The lowest BCUT2D eigenvalue weighted by atomic mass is 10.3. The van der Waals surface area contributed by atoms with Gasteiger partial charge in [0.2, 0.25) is 0 Å². The predicted molar refractivity (Wildman–Crippen MR) is 68.3 cm³/mol. The fourth-order valence-electron chi connectivity index (χ4n) is 2.59. The molecule has 2 N–H and O–H groups in total. The molecule has 0 bridgehead atoms. The average Bonchev–Trinajstić information content (AvgIpc) is 2.98. The highest BCUT2D eigenvalue weighted by Crippen LogP contribution is 2.22. The lowest BCUT2D eigenvalue weighted by molar-refractivity contribution is 0.0693. The van der Waals surface area contributed by atoms with E-state index in [1.807, 2.05) is 0 Å². The molecule has 6 heteroatoms. The molecular formula is C13H15N3O3. The van der Waals surface area contributed by atoms with Gasteiger partial charge in [-0.15, -0.1) is 0 Å². The first-order valence-electron chi connectivity index (χ1n) is 6.32. The van der Waals surface area contributed by atoms with Gasteiger partial charge in [-0.25, -0.2) is 9.78 Å². The van der Waals surface area contributed by atoms with Crippen molar-refractivity contribution in [2.24, 2.45) is 0 Å². The van der Waals surface area contributed by atoms with Gasteiger partial charge in [-0.05, 0) is 38.1 Å². The maximum Gasteiger partial charge on any atom is 0.356 e. The fraction of sp³-hybridized carbons (Fsp3) is 0.385. The van der Waals surface area contributed by atoms with Crippen LogP contribution in [0.25, 0.3) is 5.52 Å². The zero-order valence-corrected chi connectivity index (χ0v) is 10.4. The van der Waals surface area contributed by atoms with Crippen LogP contribution in [0.5, 0.6) is 5.88 Å². The monoisotopic (exact) mass is 261 g/mol. The molecule has 2 aromatic heterocycles. The highest BCUT2D eigenvalue weighted by molar-refractivity contribution is 5.93. The number of aromatic hydroxyl groups is 1. The zero-order valence-electron chi connectivity index (χ0n) is 10.4. The molecule has 19 heavy (non-hydrogen) atoms. The van der Waals surface area contributed by atoms with Crippen molar-refractivity contribution in [3.63, 3.8) is 0 Å². The van der Waals surface area contributed by atoms with Crippen molar-refractivity contribution >= 4 is 11.5 Å². The normalized spacial score (nSPS) is 16.2. The summed E-state index contributed by atoms with van der Waals surface area (Å²) in [5.74, 6) is -0.477. The number of imidazole rings is 1. The molecule has 100 valence electrons. The van der Waals surface area contributed by atoms with Gasteiger partial charge in [-0.1, -0.05) is 6.07 Å². The van der Waals surface area contributed by atoms with Crippen molar-refractivity contribution in [2.75, 3.05) is 13.1 Å². The molecule has 0 amide bonds. The van der Waals surface area contributed by atoms with E-state index < -0.39 is 5.97 Å². The summed E-state index contributed by atoms with van der Waals surface area (Å²) in [6.45, 7) is 2.54. The Hall–Kier alpha value is -2.08. The first-order valence-corrected chi connectivity index (χ1v) is 6.32. The Balaban J connectivity index is 2.09. The Bertz CT molecular complexity index is 629. The summed E-state index contributed by atoms with van der Waals surface area (Å²) in [5.41, 5.74) is 0.423. The van der Waals surface area contributed by atoms with E-state index in [1.165, 1.54) is 10.5 Å². The van der Waals surface area contributed by atoms with Crippen molar-refractivity contribution in [1.82, 2.24) is 14.3 Å². The van der Waals surface area contributed by atoms with Crippen molar-refractivity contribution in [2.45, 2.75) is 19.4 Å². The number of likely N-dealkylation sites (tertiary alicyclic amines) is 1. The van der Waals surface area contributed by atoms with Gasteiger partial charge >= 0.3 is 5.97 Å². The van der Waals surface area contributed by atoms with Gasteiger partial charge in [0.05, 0.1) is 12.1 Å². The van der Waals surface area contributed by atoms with E-state index in [9.17, 15) is 15.0 Å². The minimum absolute atomic E-state index is 0.00917. The van der Waals surface area contributed by atoms with Crippen molar-refractivity contribution < 1.29 is 15.0 Å². The molecule has 3 rings (SSSR count). The number of carbonyl (C=O) groups is 1. The van der Waals surface area contributed by atoms with E-state index in [0.29, 0.717) is 17.9 Å². The maximum absolute atomic E-state index is 11.2. The highest BCUT2D eigenvalue weighted by Gasteiger charge is 2.21. The molecule has 0 aliphatic carbocycles. The van der Waals surface area contributed by atoms with Crippen LogP contribution in [0.4, 0.5) is 0 Å². The third-order valence-electron chi connectivity index (χ3n) is 3.48. The van der Waals surface area contributed by atoms with E-state index in [0.717, 1.165) is 25.9 Å². The van der Waals surface area contributed by atoms with Gasteiger partial charge in [0.15, 0.2) is 11.6 Å². The van der Waals surface area contributed by atoms with Crippen LogP contribution >= 0.6 is 0 Å². The molecular weight excluding hydrogens is 246 g/mol. The van der Waals surface area contributed by atoms with Crippen LogP contribution in [0, 0.1) is 0 Å². The van der Waals surface area contributed by atoms with Gasteiger partial charge in [0, 0.05) is 0 Å². The molecule has 0 radical (unpaired) electrons. The van der Waals surface area contributed by atoms with Crippen LogP contribution in [0.2, 0.25) is 0 Å². The van der Waals surface area contributed by atoms with Crippen LogP contribution in [0.1, 0.15) is 29.2 Å². The van der Waals surface area contributed by atoms with Crippen molar-refractivity contribution in [1.29, 1.82) is 0 Å². The zero-order chi connectivity index (χ0) is 13.4. The molecule has 0 aromatic carbocycles. The SMILES string of the molecule is O=C(O)c1nc(CN2CCCC2)n2c(O)cccc12. The largest absolute Gasteiger partial charge is 0.494 e. The number of nitrogens with zero attached hydrogens (tertiary/aromatic N) is 3. The fourth-order valence-corrected chi connectivity index (χ4v) is 2.59.